The number of carbonyl (C=O) groups excluding carboxylic acids is 3. The molecule has 1 spiro atoms. The molecule has 1 N–H and O–H groups in total. The van der Waals surface area contributed by atoms with Crippen molar-refractivity contribution in [1.82, 2.24) is 14.7 Å². The summed E-state index contributed by atoms with van der Waals surface area (Å²) in [5.41, 5.74) is -1.77. The Bertz CT molecular complexity index is 1030. The minimum Gasteiger partial charge on any atom is -0.394 e. The first-order valence-electron chi connectivity index (χ1n) is 14.7. The summed E-state index contributed by atoms with van der Waals surface area (Å²) in [6.07, 6.45) is 9.25. The summed E-state index contributed by atoms with van der Waals surface area (Å²) in [5, 5.41) is 10.5. The summed E-state index contributed by atoms with van der Waals surface area (Å²) >= 11 is 0. The van der Waals surface area contributed by atoms with Gasteiger partial charge in [0.15, 0.2) is 0 Å². The Kier molecular flexibility index (Phi) is 8.14. The highest BCUT2D eigenvalue weighted by atomic mass is 16.5. The maximum Gasteiger partial charge on any atom is 0.249 e. The number of fused-ring (bicyclic) bond motifs is 2. The molecule has 1 unspecified atom stereocenters. The molecule has 3 amide bonds. The first-order valence-corrected chi connectivity index (χ1v) is 14.7. The summed E-state index contributed by atoms with van der Waals surface area (Å²) in [6, 6.07) is -1.49. The van der Waals surface area contributed by atoms with Crippen molar-refractivity contribution >= 4 is 17.7 Å². The largest absolute Gasteiger partial charge is 0.394 e. The summed E-state index contributed by atoms with van der Waals surface area (Å²) in [5.74, 6) is -1.87. The van der Waals surface area contributed by atoms with Gasteiger partial charge in [-0.05, 0) is 44.4 Å². The maximum absolute atomic E-state index is 14.7. The third-order valence-electron chi connectivity index (χ3n) is 8.71. The van der Waals surface area contributed by atoms with E-state index in [2.05, 4.69) is 34.6 Å². The molecule has 0 aromatic rings. The zero-order valence-corrected chi connectivity index (χ0v) is 25.1. The minimum atomic E-state index is -1.27. The molecule has 0 saturated carbocycles. The van der Waals surface area contributed by atoms with Gasteiger partial charge in [0, 0.05) is 25.2 Å². The zero-order chi connectivity index (χ0) is 28.9. The fourth-order valence-electron chi connectivity index (χ4n) is 7.75. The SMILES string of the molecule is CCCN1CC=C[C@H]2O[C@]34C=CCN(C(C)(C)CC(C)(C)C)C(=O)C3N([C@@H](CO)CC(C)C)C(=O)[C@@H]4[C@H]2C1=O. The Labute approximate surface area is 234 Å². The van der Waals surface area contributed by atoms with Crippen molar-refractivity contribution in [2.24, 2.45) is 23.2 Å². The van der Waals surface area contributed by atoms with Crippen LogP contribution in [0.5, 0.6) is 0 Å². The molecule has 0 aromatic carbocycles. The molecule has 4 heterocycles. The van der Waals surface area contributed by atoms with Crippen LogP contribution < -0.4 is 0 Å². The van der Waals surface area contributed by atoms with Crippen LogP contribution in [0.3, 0.4) is 0 Å². The number of rotatable bonds is 8. The molecule has 39 heavy (non-hydrogen) atoms. The Hall–Kier alpha value is -2.19. The molecule has 0 radical (unpaired) electrons. The molecule has 218 valence electrons. The molecule has 6 atom stereocenters. The van der Waals surface area contributed by atoms with Crippen LogP contribution in [0.25, 0.3) is 0 Å². The van der Waals surface area contributed by atoms with Crippen molar-refractivity contribution in [3.63, 3.8) is 0 Å². The van der Waals surface area contributed by atoms with Gasteiger partial charge in [0.1, 0.15) is 11.6 Å². The van der Waals surface area contributed by atoms with Gasteiger partial charge in [-0.2, -0.15) is 0 Å². The van der Waals surface area contributed by atoms with Crippen molar-refractivity contribution in [2.45, 2.75) is 104 Å². The van der Waals surface area contributed by atoms with Crippen LogP contribution in [0.15, 0.2) is 24.3 Å². The van der Waals surface area contributed by atoms with Crippen molar-refractivity contribution in [2.75, 3.05) is 26.2 Å². The van der Waals surface area contributed by atoms with Crippen LogP contribution in [-0.4, -0.2) is 93.1 Å². The quantitative estimate of drug-likeness (QED) is 0.474. The topological polar surface area (TPSA) is 90.4 Å². The van der Waals surface area contributed by atoms with E-state index in [1.807, 2.05) is 50.0 Å². The molecule has 8 nitrogen and oxygen atoms in total. The highest BCUT2D eigenvalue weighted by Crippen LogP contribution is 2.54. The van der Waals surface area contributed by atoms with Gasteiger partial charge >= 0.3 is 0 Å². The van der Waals surface area contributed by atoms with E-state index in [-0.39, 0.29) is 35.7 Å². The third-order valence-corrected chi connectivity index (χ3v) is 8.71. The lowest BCUT2D eigenvalue weighted by Crippen LogP contribution is -2.61. The van der Waals surface area contributed by atoms with E-state index in [0.29, 0.717) is 26.1 Å². The Morgan fingerprint density at radius 3 is 2.33 bits per heavy atom. The molecule has 4 aliphatic rings. The molecule has 0 aliphatic carbocycles. The second kappa shape index (κ2) is 10.7. The maximum atomic E-state index is 14.7. The standard InChI is InChI=1S/C31H49N3O5/c1-9-14-32-15-10-12-22-23(26(32)36)24-27(37)34(21(18-35)17-20(2)3)25-28(38)33(16-11-13-31(24,25)39-22)30(7,8)19-29(4,5)6/h10-13,20-25,35H,9,14-19H2,1-8H3/t21-,22-,23+,24+,25?,31+/m1/s1. The second-order valence-corrected chi connectivity index (χ2v) is 14.2. The lowest BCUT2D eigenvalue weighted by atomic mass is 9.77. The Morgan fingerprint density at radius 2 is 1.74 bits per heavy atom. The Balaban J connectivity index is 1.85. The number of likely N-dealkylation sites (tertiary alicyclic amines) is 1. The zero-order valence-electron chi connectivity index (χ0n) is 25.1. The average molecular weight is 544 g/mol. The average Bonchev–Trinajstić information content (AvgIpc) is 3.13. The number of hydrogen-bond acceptors (Lipinski definition) is 5. The van der Waals surface area contributed by atoms with Crippen molar-refractivity contribution in [3.8, 4) is 0 Å². The highest BCUT2D eigenvalue weighted by molar-refractivity contribution is 6.00. The van der Waals surface area contributed by atoms with Gasteiger partial charge in [-0.3, -0.25) is 14.4 Å². The van der Waals surface area contributed by atoms with Gasteiger partial charge in [-0.25, -0.2) is 0 Å². The lowest BCUT2D eigenvalue weighted by molar-refractivity contribution is -0.155. The van der Waals surface area contributed by atoms with Gasteiger partial charge in [0.25, 0.3) is 0 Å². The predicted octanol–water partition coefficient (Wildman–Crippen LogP) is 3.40. The fraction of sp³-hybridized carbons (Fsp3) is 0.774. The number of aliphatic hydroxyl groups excluding tert-OH is 1. The molecule has 8 heteroatoms. The van der Waals surface area contributed by atoms with Crippen LogP contribution in [-0.2, 0) is 19.1 Å². The molecule has 0 aromatic heterocycles. The minimum absolute atomic E-state index is 0.0204. The van der Waals surface area contributed by atoms with E-state index in [9.17, 15) is 19.5 Å². The van der Waals surface area contributed by atoms with Crippen molar-refractivity contribution in [1.29, 1.82) is 0 Å². The van der Waals surface area contributed by atoms with Crippen molar-refractivity contribution < 1.29 is 24.2 Å². The molecule has 2 saturated heterocycles. The van der Waals surface area contributed by atoms with Gasteiger partial charge in [0.05, 0.1) is 30.6 Å². The highest BCUT2D eigenvalue weighted by Gasteiger charge is 2.72. The number of hydrogen-bond donors (Lipinski definition) is 1. The summed E-state index contributed by atoms with van der Waals surface area (Å²) in [7, 11) is 0. The van der Waals surface area contributed by atoms with Gasteiger partial charge in [0.2, 0.25) is 17.7 Å². The molecule has 4 rings (SSSR count). The third kappa shape index (κ3) is 5.19. The summed E-state index contributed by atoms with van der Waals surface area (Å²) in [4.78, 5) is 48.4. The van der Waals surface area contributed by atoms with Gasteiger partial charge in [-0.15, -0.1) is 0 Å². The number of carbonyl (C=O) groups is 3. The van der Waals surface area contributed by atoms with Gasteiger partial charge < -0.3 is 24.5 Å². The van der Waals surface area contributed by atoms with E-state index in [1.54, 1.807) is 9.80 Å². The van der Waals surface area contributed by atoms with Crippen molar-refractivity contribution in [3.05, 3.63) is 24.3 Å². The predicted molar refractivity (Wildman–Crippen MR) is 151 cm³/mol. The first kappa shape index (κ1) is 29.8. The van der Waals surface area contributed by atoms with E-state index in [1.165, 1.54) is 0 Å². The molecule has 0 bridgehead atoms. The van der Waals surface area contributed by atoms with Crippen LogP contribution in [0.2, 0.25) is 0 Å². The number of aliphatic hydroxyl groups is 1. The summed E-state index contributed by atoms with van der Waals surface area (Å²) in [6.45, 7) is 18.0. The monoisotopic (exact) mass is 543 g/mol. The molecular formula is C31H49N3O5. The van der Waals surface area contributed by atoms with Crippen LogP contribution in [0.4, 0.5) is 0 Å². The van der Waals surface area contributed by atoms with Crippen LogP contribution >= 0.6 is 0 Å². The smallest absolute Gasteiger partial charge is 0.249 e. The molecular weight excluding hydrogens is 494 g/mol. The molecule has 4 aliphatic heterocycles. The van der Waals surface area contributed by atoms with Crippen LogP contribution in [0.1, 0.15) is 74.7 Å². The number of amides is 3. The van der Waals surface area contributed by atoms with Crippen LogP contribution in [0, 0.1) is 23.2 Å². The van der Waals surface area contributed by atoms with E-state index < -0.39 is 41.2 Å². The molecule has 2 fully saturated rings. The second-order valence-electron chi connectivity index (χ2n) is 14.2. The van der Waals surface area contributed by atoms with E-state index in [4.69, 9.17) is 4.74 Å². The first-order chi connectivity index (χ1) is 18.2. The number of ether oxygens (including phenoxy) is 1. The normalized spacial score (nSPS) is 31.9. The fourth-order valence-corrected chi connectivity index (χ4v) is 7.75. The summed E-state index contributed by atoms with van der Waals surface area (Å²) < 4.78 is 6.76. The van der Waals surface area contributed by atoms with Gasteiger partial charge in [-0.1, -0.05) is 65.8 Å². The lowest BCUT2D eigenvalue weighted by Gasteiger charge is -2.45. The van der Waals surface area contributed by atoms with E-state index in [0.717, 1.165) is 12.8 Å². The number of nitrogens with zero attached hydrogens (tertiary/aromatic N) is 3. The Morgan fingerprint density at radius 1 is 1.05 bits per heavy atom. The van der Waals surface area contributed by atoms with E-state index >= 15 is 0 Å².